The zero-order chi connectivity index (χ0) is 12.5. The molecule has 1 N–H and O–H groups in total. The molecule has 0 bridgehead atoms. The minimum Gasteiger partial charge on any atom is -0.307 e. The van der Waals surface area contributed by atoms with Gasteiger partial charge in [0.25, 0.3) is 0 Å². The molecule has 1 aliphatic carbocycles. The van der Waals surface area contributed by atoms with Gasteiger partial charge in [0.2, 0.25) is 0 Å². The average molecular weight is 243 g/mol. The van der Waals surface area contributed by atoms with E-state index in [9.17, 15) is 13.2 Å². The summed E-state index contributed by atoms with van der Waals surface area (Å²) in [6.45, 7) is 2.32. The molecule has 1 nitrogen and oxygen atoms in total. The predicted octanol–water partition coefficient (Wildman–Crippen LogP) is 3.53. The van der Waals surface area contributed by atoms with Crippen LogP contribution in [0.3, 0.4) is 0 Å². The van der Waals surface area contributed by atoms with Crippen LogP contribution in [0.15, 0.2) is 12.1 Å². The zero-order valence-electron chi connectivity index (χ0n) is 9.82. The molecule has 0 unspecified atom stereocenters. The van der Waals surface area contributed by atoms with Gasteiger partial charge >= 0.3 is 0 Å². The van der Waals surface area contributed by atoms with E-state index in [0.717, 1.165) is 31.7 Å². The highest BCUT2D eigenvalue weighted by Crippen LogP contribution is 2.29. The monoisotopic (exact) mass is 243 g/mol. The fraction of sp³-hybridized carbons (Fsp3) is 0.538. The maximum Gasteiger partial charge on any atom is 0.161 e. The van der Waals surface area contributed by atoms with Gasteiger partial charge in [-0.3, -0.25) is 0 Å². The van der Waals surface area contributed by atoms with E-state index in [0.29, 0.717) is 6.07 Å². The number of rotatable bonds is 3. The van der Waals surface area contributed by atoms with Gasteiger partial charge in [-0.25, -0.2) is 13.2 Å². The molecular formula is C13H16F3N. The Balaban J connectivity index is 2.06. The molecule has 0 aliphatic heterocycles. The Labute approximate surface area is 99.0 Å². The molecule has 1 aromatic carbocycles. The third-order valence-corrected chi connectivity index (χ3v) is 3.50. The predicted molar refractivity (Wildman–Crippen MR) is 60.0 cm³/mol. The van der Waals surface area contributed by atoms with Crippen molar-refractivity contribution in [3.8, 4) is 0 Å². The van der Waals surface area contributed by atoms with Gasteiger partial charge in [-0.1, -0.05) is 12.8 Å². The molecule has 17 heavy (non-hydrogen) atoms. The molecule has 1 aromatic rings. The summed E-state index contributed by atoms with van der Waals surface area (Å²) in [6, 6.07) is 1.53. The fourth-order valence-electron chi connectivity index (χ4n) is 2.34. The number of halogens is 3. The second-order valence-corrected chi connectivity index (χ2v) is 4.98. The lowest BCUT2D eigenvalue weighted by molar-refractivity contribution is 0.358. The van der Waals surface area contributed by atoms with Crippen LogP contribution in [0.5, 0.6) is 0 Å². The average Bonchev–Trinajstić information content (AvgIpc) is 2.69. The second-order valence-electron chi connectivity index (χ2n) is 4.98. The number of hydrogen-bond donors (Lipinski definition) is 1. The first-order valence-electron chi connectivity index (χ1n) is 5.89. The number of nitrogens with one attached hydrogen (secondary N) is 1. The smallest absolute Gasteiger partial charge is 0.161 e. The number of benzene rings is 1. The Bertz CT molecular complexity index is 411. The van der Waals surface area contributed by atoms with Gasteiger partial charge in [0, 0.05) is 23.7 Å². The van der Waals surface area contributed by atoms with Crippen LogP contribution in [0.2, 0.25) is 0 Å². The van der Waals surface area contributed by atoms with Crippen molar-refractivity contribution in [2.75, 3.05) is 0 Å². The lowest BCUT2D eigenvalue weighted by Crippen LogP contribution is -2.39. The SMILES string of the molecule is CC1(NCc2cc(F)c(F)cc2F)CCCC1. The van der Waals surface area contributed by atoms with E-state index in [1.54, 1.807) is 0 Å². The van der Waals surface area contributed by atoms with Crippen molar-refractivity contribution in [3.63, 3.8) is 0 Å². The van der Waals surface area contributed by atoms with Crippen LogP contribution in [0.1, 0.15) is 38.2 Å². The maximum absolute atomic E-state index is 13.4. The summed E-state index contributed by atoms with van der Waals surface area (Å²) >= 11 is 0. The van der Waals surface area contributed by atoms with Crippen molar-refractivity contribution in [1.29, 1.82) is 0 Å². The third-order valence-electron chi connectivity index (χ3n) is 3.50. The Morgan fingerprint density at radius 3 is 2.29 bits per heavy atom. The van der Waals surface area contributed by atoms with E-state index in [1.807, 2.05) is 0 Å². The van der Waals surface area contributed by atoms with Crippen LogP contribution >= 0.6 is 0 Å². The van der Waals surface area contributed by atoms with Crippen LogP contribution in [0.4, 0.5) is 13.2 Å². The molecular weight excluding hydrogens is 227 g/mol. The van der Waals surface area contributed by atoms with Crippen LogP contribution in [-0.4, -0.2) is 5.54 Å². The van der Waals surface area contributed by atoms with Crippen molar-refractivity contribution in [1.82, 2.24) is 5.32 Å². The van der Waals surface area contributed by atoms with Gasteiger partial charge in [0.05, 0.1) is 0 Å². The second kappa shape index (κ2) is 4.69. The van der Waals surface area contributed by atoms with Crippen molar-refractivity contribution in [2.45, 2.75) is 44.7 Å². The normalized spacial score (nSPS) is 18.6. The van der Waals surface area contributed by atoms with Crippen molar-refractivity contribution in [3.05, 3.63) is 35.1 Å². The summed E-state index contributed by atoms with van der Waals surface area (Å²) < 4.78 is 39.1. The first-order chi connectivity index (χ1) is 8.00. The highest BCUT2D eigenvalue weighted by atomic mass is 19.2. The molecule has 2 rings (SSSR count). The third kappa shape index (κ3) is 2.80. The van der Waals surface area contributed by atoms with Gasteiger partial charge in [-0.05, 0) is 25.8 Å². The standard InChI is InChI=1S/C13H16F3N/c1-13(4-2-3-5-13)17-8-9-6-11(15)12(16)7-10(9)14/h6-7,17H,2-5,8H2,1H3. The molecule has 0 spiro atoms. The minimum absolute atomic E-state index is 0.00268. The van der Waals surface area contributed by atoms with Gasteiger partial charge in [0.15, 0.2) is 11.6 Å². The highest BCUT2D eigenvalue weighted by Gasteiger charge is 2.28. The van der Waals surface area contributed by atoms with Crippen LogP contribution in [0.25, 0.3) is 0 Å². The first kappa shape index (κ1) is 12.4. The molecule has 1 fully saturated rings. The lowest BCUT2D eigenvalue weighted by Gasteiger charge is -2.25. The first-order valence-corrected chi connectivity index (χ1v) is 5.89. The molecule has 4 heteroatoms. The molecule has 0 amide bonds. The quantitative estimate of drug-likeness (QED) is 0.801. The van der Waals surface area contributed by atoms with E-state index in [2.05, 4.69) is 12.2 Å². The van der Waals surface area contributed by atoms with E-state index in [4.69, 9.17) is 0 Å². The van der Waals surface area contributed by atoms with Gasteiger partial charge in [-0.15, -0.1) is 0 Å². The molecule has 1 aliphatic rings. The minimum atomic E-state index is -1.14. The Hall–Kier alpha value is -1.03. The Kier molecular flexibility index (Phi) is 3.43. The van der Waals surface area contributed by atoms with Gasteiger partial charge in [-0.2, -0.15) is 0 Å². The lowest BCUT2D eigenvalue weighted by atomic mass is 10.0. The number of hydrogen-bond acceptors (Lipinski definition) is 1. The molecule has 0 heterocycles. The molecule has 0 saturated heterocycles. The summed E-state index contributed by atoms with van der Waals surface area (Å²) in [4.78, 5) is 0. The summed E-state index contributed by atoms with van der Waals surface area (Å²) in [6.07, 6.45) is 4.39. The zero-order valence-corrected chi connectivity index (χ0v) is 9.82. The molecule has 94 valence electrons. The van der Waals surface area contributed by atoms with Crippen molar-refractivity contribution >= 4 is 0 Å². The summed E-state index contributed by atoms with van der Waals surface area (Å²) in [5.74, 6) is -2.84. The topological polar surface area (TPSA) is 12.0 Å². The van der Waals surface area contributed by atoms with Gasteiger partial charge < -0.3 is 5.32 Å². The Morgan fingerprint density at radius 1 is 1.06 bits per heavy atom. The molecule has 0 radical (unpaired) electrons. The van der Waals surface area contributed by atoms with E-state index in [-0.39, 0.29) is 17.6 Å². The van der Waals surface area contributed by atoms with Crippen LogP contribution in [0, 0.1) is 17.5 Å². The summed E-state index contributed by atoms with van der Waals surface area (Å²) in [7, 11) is 0. The summed E-state index contributed by atoms with van der Waals surface area (Å²) in [5.41, 5.74) is 0.175. The molecule has 1 saturated carbocycles. The molecule has 0 atom stereocenters. The van der Waals surface area contributed by atoms with E-state index in [1.165, 1.54) is 0 Å². The van der Waals surface area contributed by atoms with Gasteiger partial charge in [0.1, 0.15) is 5.82 Å². The Morgan fingerprint density at radius 2 is 1.65 bits per heavy atom. The largest absolute Gasteiger partial charge is 0.307 e. The highest BCUT2D eigenvalue weighted by molar-refractivity contribution is 5.20. The van der Waals surface area contributed by atoms with Crippen molar-refractivity contribution in [2.24, 2.45) is 0 Å². The summed E-state index contributed by atoms with van der Waals surface area (Å²) in [5, 5.41) is 3.23. The fourth-order valence-corrected chi connectivity index (χ4v) is 2.34. The van der Waals surface area contributed by atoms with Crippen LogP contribution < -0.4 is 5.32 Å². The van der Waals surface area contributed by atoms with Crippen molar-refractivity contribution < 1.29 is 13.2 Å². The molecule has 0 aromatic heterocycles. The van der Waals surface area contributed by atoms with E-state index < -0.39 is 17.5 Å². The van der Waals surface area contributed by atoms with Crippen LogP contribution in [-0.2, 0) is 6.54 Å². The van der Waals surface area contributed by atoms with E-state index >= 15 is 0 Å². The maximum atomic E-state index is 13.4.